The molecule has 0 fully saturated rings. The number of benzene rings is 3. The lowest BCUT2D eigenvalue weighted by Gasteiger charge is -2.19. The van der Waals surface area contributed by atoms with Crippen molar-refractivity contribution in [3.63, 3.8) is 0 Å². The highest BCUT2D eigenvalue weighted by Gasteiger charge is 2.22. The molecule has 0 aliphatic carbocycles. The molecule has 0 saturated carbocycles. The van der Waals surface area contributed by atoms with Crippen molar-refractivity contribution < 1.29 is 9.53 Å². The van der Waals surface area contributed by atoms with Crippen LogP contribution in [0.4, 0.5) is 0 Å². The van der Waals surface area contributed by atoms with E-state index >= 15 is 0 Å². The molecule has 150 valence electrons. The highest BCUT2D eigenvalue weighted by Crippen LogP contribution is 2.29. The number of rotatable bonds is 4. The summed E-state index contributed by atoms with van der Waals surface area (Å²) in [5, 5.41) is 0. The van der Waals surface area contributed by atoms with Gasteiger partial charge in [0.05, 0.1) is 0 Å². The third-order valence-electron chi connectivity index (χ3n) is 4.97. The zero-order valence-corrected chi connectivity index (χ0v) is 18.2. The first-order valence-corrected chi connectivity index (χ1v) is 10.1. The number of carbonyl (C=O) groups excluding carboxylic acids is 1. The summed E-state index contributed by atoms with van der Waals surface area (Å²) in [4.78, 5) is 12.4. The molecule has 0 saturated heterocycles. The first kappa shape index (κ1) is 20.9. The van der Waals surface area contributed by atoms with Gasteiger partial charge in [-0.1, -0.05) is 90.1 Å². The van der Waals surface area contributed by atoms with Crippen molar-refractivity contribution in [2.45, 2.75) is 47.0 Å². The zero-order valence-electron chi connectivity index (χ0n) is 18.2. The van der Waals surface area contributed by atoms with Gasteiger partial charge in [-0.15, -0.1) is 0 Å². The van der Waals surface area contributed by atoms with E-state index in [1.54, 1.807) is 0 Å². The van der Waals surface area contributed by atoms with Gasteiger partial charge in [0.25, 0.3) is 0 Å². The molecular formula is C27H30O2. The normalized spacial score (nSPS) is 11.9. The van der Waals surface area contributed by atoms with Gasteiger partial charge in [-0.2, -0.15) is 0 Å². The Labute approximate surface area is 174 Å². The summed E-state index contributed by atoms with van der Waals surface area (Å²) in [6.45, 7) is 12.4. The molecule has 0 spiro atoms. The predicted octanol–water partition coefficient (Wildman–Crippen LogP) is 7.67. The first-order valence-electron chi connectivity index (χ1n) is 10.1. The molecule has 0 N–H and O–H groups in total. The number of hydrogen-bond acceptors (Lipinski definition) is 2. The molecule has 3 rings (SSSR count). The number of Topliss-reactive ketones (excluding diaryl/α,β-unsaturated/α-hetero) is 1. The van der Waals surface area contributed by atoms with Crippen LogP contribution in [0.2, 0.25) is 0 Å². The van der Waals surface area contributed by atoms with Crippen LogP contribution in [0.3, 0.4) is 0 Å². The van der Waals surface area contributed by atoms with Gasteiger partial charge < -0.3 is 4.74 Å². The topological polar surface area (TPSA) is 26.3 Å². The van der Waals surface area contributed by atoms with Crippen molar-refractivity contribution in [1.29, 1.82) is 0 Å². The van der Waals surface area contributed by atoms with E-state index in [-0.39, 0.29) is 16.6 Å². The van der Waals surface area contributed by atoms with Crippen LogP contribution in [0.25, 0.3) is 11.1 Å². The zero-order chi connectivity index (χ0) is 21.2. The summed E-state index contributed by atoms with van der Waals surface area (Å²) in [7, 11) is 0. The van der Waals surface area contributed by atoms with Gasteiger partial charge in [0.2, 0.25) is 0 Å². The molecule has 0 bridgehead atoms. The van der Waals surface area contributed by atoms with Gasteiger partial charge >= 0.3 is 0 Å². The highest BCUT2D eigenvalue weighted by molar-refractivity contribution is 6.00. The van der Waals surface area contributed by atoms with E-state index in [2.05, 4.69) is 32.9 Å². The first-order chi connectivity index (χ1) is 13.5. The van der Waals surface area contributed by atoms with Crippen LogP contribution in [0.1, 0.15) is 57.5 Å². The molecule has 0 aliphatic rings. The summed E-state index contributed by atoms with van der Waals surface area (Å²) in [6, 6.07) is 24.1. The Morgan fingerprint density at radius 2 is 1.03 bits per heavy atom. The second-order valence-corrected chi connectivity index (χ2v) is 9.56. The number of ether oxygens (including phenoxy) is 1. The Morgan fingerprint density at radius 3 is 1.45 bits per heavy atom. The summed E-state index contributed by atoms with van der Waals surface area (Å²) < 4.78 is 5.98. The Bertz CT molecular complexity index is 965. The average Bonchev–Trinajstić information content (AvgIpc) is 2.67. The van der Waals surface area contributed by atoms with Gasteiger partial charge in [-0.05, 0) is 46.4 Å². The molecule has 3 aromatic rings. The van der Waals surface area contributed by atoms with Crippen molar-refractivity contribution >= 4 is 5.78 Å². The maximum absolute atomic E-state index is 12.4. The van der Waals surface area contributed by atoms with Gasteiger partial charge in [-0.3, -0.25) is 4.79 Å². The predicted molar refractivity (Wildman–Crippen MR) is 121 cm³/mol. The molecule has 0 atom stereocenters. The fraction of sp³-hybridized carbons (Fsp3) is 0.296. The Balaban J connectivity index is 1.71. The third kappa shape index (κ3) is 5.14. The molecular weight excluding hydrogens is 356 g/mol. The Hall–Kier alpha value is -2.87. The fourth-order valence-electron chi connectivity index (χ4n) is 3.12. The van der Waals surface area contributed by atoms with Gasteiger partial charge in [0.15, 0.2) is 5.78 Å². The minimum Gasteiger partial charge on any atom is -0.457 e. The minimum absolute atomic E-state index is 0.132. The molecule has 0 unspecified atom stereocenters. The standard InChI is InChI=1S/C27H30O2/c1-26(2,3)22-13-17-24(18-14-22)29-23-15-11-20(12-16-23)19-7-9-21(10-8-19)25(28)27(4,5)6/h7-18H,1-6H3. The van der Waals surface area contributed by atoms with Crippen LogP contribution in [0.5, 0.6) is 11.5 Å². The van der Waals surface area contributed by atoms with Crippen molar-refractivity contribution in [2.24, 2.45) is 5.41 Å². The molecule has 2 nitrogen and oxygen atoms in total. The monoisotopic (exact) mass is 386 g/mol. The fourth-order valence-corrected chi connectivity index (χ4v) is 3.12. The van der Waals surface area contributed by atoms with Gasteiger partial charge in [0.1, 0.15) is 11.5 Å². The lowest BCUT2D eigenvalue weighted by molar-refractivity contribution is 0.0858. The average molecular weight is 387 g/mol. The van der Waals surface area contributed by atoms with Crippen molar-refractivity contribution in [2.75, 3.05) is 0 Å². The van der Waals surface area contributed by atoms with Gasteiger partial charge in [0, 0.05) is 11.0 Å². The van der Waals surface area contributed by atoms with Crippen LogP contribution in [0.15, 0.2) is 72.8 Å². The smallest absolute Gasteiger partial charge is 0.168 e. The number of ketones is 1. The van der Waals surface area contributed by atoms with E-state index < -0.39 is 0 Å². The molecule has 0 aromatic heterocycles. The van der Waals surface area contributed by atoms with E-state index in [1.165, 1.54) is 5.56 Å². The van der Waals surface area contributed by atoms with Gasteiger partial charge in [-0.25, -0.2) is 0 Å². The lowest BCUT2D eigenvalue weighted by atomic mass is 9.86. The number of hydrogen-bond donors (Lipinski definition) is 0. The van der Waals surface area contributed by atoms with Crippen LogP contribution in [-0.2, 0) is 5.41 Å². The molecule has 0 aliphatic heterocycles. The second kappa shape index (κ2) is 7.87. The number of carbonyl (C=O) groups is 1. The van der Waals surface area contributed by atoms with Crippen molar-refractivity contribution in [1.82, 2.24) is 0 Å². The van der Waals surface area contributed by atoms with E-state index in [9.17, 15) is 4.79 Å². The second-order valence-electron chi connectivity index (χ2n) is 9.56. The van der Waals surface area contributed by atoms with Crippen LogP contribution < -0.4 is 4.74 Å². The highest BCUT2D eigenvalue weighted by atomic mass is 16.5. The van der Waals surface area contributed by atoms with Crippen molar-refractivity contribution in [3.05, 3.63) is 83.9 Å². The SMILES string of the molecule is CC(C)(C)C(=O)c1ccc(-c2ccc(Oc3ccc(C(C)(C)C)cc3)cc2)cc1. The Kier molecular flexibility index (Phi) is 5.66. The molecule has 0 radical (unpaired) electrons. The van der Waals surface area contributed by atoms with Crippen LogP contribution >= 0.6 is 0 Å². The van der Waals surface area contributed by atoms with Crippen molar-refractivity contribution in [3.8, 4) is 22.6 Å². The minimum atomic E-state index is -0.369. The molecule has 2 heteroatoms. The maximum atomic E-state index is 12.4. The molecule has 3 aromatic carbocycles. The summed E-state index contributed by atoms with van der Waals surface area (Å²) >= 11 is 0. The van der Waals surface area contributed by atoms with Crippen LogP contribution in [0, 0.1) is 5.41 Å². The van der Waals surface area contributed by atoms with E-state index in [1.807, 2.05) is 81.4 Å². The van der Waals surface area contributed by atoms with E-state index in [0.29, 0.717) is 0 Å². The lowest BCUT2D eigenvalue weighted by Crippen LogP contribution is -2.19. The third-order valence-corrected chi connectivity index (χ3v) is 4.97. The van der Waals surface area contributed by atoms with E-state index in [0.717, 1.165) is 28.2 Å². The molecule has 0 heterocycles. The molecule has 29 heavy (non-hydrogen) atoms. The largest absolute Gasteiger partial charge is 0.457 e. The Morgan fingerprint density at radius 1 is 0.621 bits per heavy atom. The summed E-state index contributed by atoms with van der Waals surface area (Å²) in [5.74, 6) is 1.79. The van der Waals surface area contributed by atoms with E-state index in [4.69, 9.17) is 4.74 Å². The molecule has 0 amide bonds. The van der Waals surface area contributed by atoms with Crippen LogP contribution in [-0.4, -0.2) is 5.78 Å². The summed E-state index contributed by atoms with van der Waals surface area (Å²) in [6.07, 6.45) is 0. The summed E-state index contributed by atoms with van der Waals surface area (Å²) in [5.41, 5.74) is 3.97. The maximum Gasteiger partial charge on any atom is 0.168 e. The quantitative estimate of drug-likeness (QED) is 0.430.